The SMILES string of the molecule is COc1cc(N2CC[C@H]3OCCC[C@]3(COc3cccnc3)C2)ncn1. The molecule has 2 aromatic rings. The van der Waals surface area contributed by atoms with E-state index in [-0.39, 0.29) is 11.5 Å². The Morgan fingerprint density at radius 2 is 2.35 bits per heavy atom. The van der Waals surface area contributed by atoms with Crippen molar-refractivity contribution in [2.24, 2.45) is 5.41 Å². The van der Waals surface area contributed by atoms with Crippen molar-refractivity contribution in [1.82, 2.24) is 15.0 Å². The fourth-order valence-electron chi connectivity index (χ4n) is 3.97. The van der Waals surface area contributed by atoms with Crippen LogP contribution < -0.4 is 14.4 Å². The van der Waals surface area contributed by atoms with Crippen LogP contribution in [0.5, 0.6) is 11.6 Å². The summed E-state index contributed by atoms with van der Waals surface area (Å²) in [6.07, 6.45) is 8.37. The molecule has 7 heteroatoms. The lowest BCUT2D eigenvalue weighted by molar-refractivity contribution is -0.109. The number of hydrogen-bond acceptors (Lipinski definition) is 7. The second kappa shape index (κ2) is 7.45. The van der Waals surface area contributed by atoms with Gasteiger partial charge in [0.05, 0.1) is 26.0 Å². The van der Waals surface area contributed by atoms with Gasteiger partial charge < -0.3 is 19.1 Å². The maximum atomic E-state index is 6.12. The Hall–Kier alpha value is -2.41. The van der Waals surface area contributed by atoms with Crippen LogP contribution in [0.1, 0.15) is 19.3 Å². The molecular formula is C19H24N4O3. The van der Waals surface area contributed by atoms with E-state index in [0.29, 0.717) is 12.5 Å². The van der Waals surface area contributed by atoms with Crippen molar-refractivity contribution in [3.8, 4) is 11.6 Å². The highest BCUT2D eigenvalue weighted by molar-refractivity contribution is 5.42. The molecule has 2 atom stereocenters. The Labute approximate surface area is 153 Å². The molecule has 0 N–H and O–H groups in total. The minimum atomic E-state index is -0.0511. The highest BCUT2D eigenvalue weighted by Gasteiger charge is 2.47. The maximum absolute atomic E-state index is 6.12. The van der Waals surface area contributed by atoms with Gasteiger partial charge in [0.15, 0.2) is 0 Å². The Bertz CT molecular complexity index is 730. The van der Waals surface area contributed by atoms with Crippen LogP contribution in [0, 0.1) is 5.41 Å². The standard InChI is InChI=1S/C19H24N4O3/c1-24-18-10-17(21-14-22-18)23-8-5-16-19(12-23,6-3-9-25-16)13-26-15-4-2-7-20-11-15/h2,4,7,10-11,14,16H,3,5-6,8-9,12-13H2,1H3/t16-,19-/m1/s1. The third-order valence-corrected chi connectivity index (χ3v) is 5.31. The molecule has 0 bridgehead atoms. The number of piperidine rings is 1. The van der Waals surface area contributed by atoms with Crippen LogP contribution in [0.2, 0.25) is 0 Å². The van der Waals surface area contributed by atoms with Gasteiger partial charge in [0.25, 0.3) is 0 Å². The summed E-state index contributed by atoms with van der Waals surface area (Å²) >= 11 is 0. The summed E-state index contributed by atoms with van der Waals surface area (Å²) in [5, 5.41) is 0. The van der Waals surface area contributed by atoms with Gasteiger partial charge in [0.1, 0.15) is 17.9 Å². The molecular weight excluding hydrogens is 332 g/mol. The largest absolute Gasteiger partial charge is 0.491 e. The summed E-state index contributed by atoms with van der Waals surface area (Å²) in [7, 11) is 1.62. The minimum absolute atomic E-state index is 0.0511. The molecule has 4 rings (SSSR count). The summed E-state index contributed by atoms with van der Waals surface area (Å²) in [4.78, 5) is 15.0. The van der Waals surface area contributed by atoms with Crippen molar-refractivity contribution < 1.29 is 14.2 Å². The van der Waals surface area contributed by atoms with Gasteiger partial charge in [-0.15, -0.1) is 0 Å². The van der Waals surface area contributed by atoms with E-state index in [1.165, 1.54) is 0 Å². The maximum Gasteiger partial charge on any atom is 0.218 e. The monoisotopic (exact) mass is 356 g/mol. The molecule has 0 radical (unpaired) electrons. The summed E-state index contributed by atoms with van der Waals surface area (Å²) in [5.74, 6) is 2.27. The molecule has 26 heavy (non-hydrogen) atoms. The predicted molar refractivity (Wildman–Crippen MR) is 96.6 cm³/mol. The lowest BCUT2D eigenvalue weighted by atomic mass is 9.73. The molecule has 2 saturated heterocycles. The smallest absolute Gasteiger partial charge is 0.218 e. The first-order valence-electron chi connectivity index (χ1n) is 9.04. The molecule has 0 spiro atoms. The first-order chi connectivity index (χ1) is 12.8. The zero-order chi connectivity index (χ0) is 17.8. The molecule has 0 amide bonds. The van der Waals surface area contributed by atoms with Crippen molar-refractivity contribution in [2.45, 2.75) is 25.4 Å². The molecule has 2 aliphatic heterocycles. The van der Waals surface area contributed by atoms with E-state index in [0.717, 1.165) is 50.5 Å². The Morgan fingerprint density at radius 3 is 3.19 bits per heavy atom. The van der Waals surface area contributed by atoms with Crippen molar-refractivity contribution in [3.63, 3.8) is 0 Å². The highest BCUT2D eigenvalue weighted by Crippen LogP contribution is 2.41. The number of nitrogens with zero attached hydrogens (tertiary/aromatic N) is 4. The van der Waals surface area contributed by atoms with Crippen molar-refractivity contribution >= 4 is 5.82 Å². The Morgan fingerprint density at radius 1 is 1.38 bits per heavy atom. The van der Waals surface area contributed by atoms with E-state index in [2.05, 4.69) is 19.9 Å². The highest BCUT2D eigenvalue weighted by atomic mass is 16.5. The number of ether oxygens (including phenoxy) is 3. The van der Waals surface area contributed by atoms with Crippen LogP contribution >= 0.6 is 0 Å². The van der Waals surface area contributed by atoms with Gasteiger partial charge >= 0.3 is 0 Å². The third kappa shape index (κ3) is 3.44. The van der Waals surface area contributed by atoms with Gasteiger partial charge in [0.2, 0.25) is 5.88 Å². The van der Waals surface area contributed by atoms with Crippen LogP contribution in [0.15, 0.2) is 36.9 Å². The zero-order valence-electron chi connectivity index (χ0n) is 15.0. The number of rotatable bonds is 5. The van der Waals surface area contributed by atoms with Gasteiger partial charge in [-0.3, -0.25) is 4.98 Å². The lowest BCUT2D eigenvalue weighted by Gasteiger charge is -2.50. The first kappa shape index (κ1) is 17.0. The molecule has 2 aromatic heterocycles. The zero-order valence-corrected chi connectivity index (χ0v) is 15.0. The van der Waals surface area contributed by atoms with Crippen LogP contribution in [0.4, 0.5) is 5.82 Å². The topological polar surface area (TPSA) is 69.6 Å². The summed E-state index contributed by atoms with van der Waals surface area (Å²) in [5.41, 5.74) is -0.0511. The molecule has 138 valence electrons. The minimum Gasteiger partial charge on any atom is -0.491 e. The van der Waals surface area contributed by atoms with E-state index in [9.17, 15) is 0 Å². The summed E-state index contributed by atoms with van der Waals surface area (Å²) in [6, 6.07) is 5.72. The van der Waals surface area contributed by atoms with Crippen molar-refractivity contribution in [3.05, 3.63) is 36.9 Å². The Kier molecular flexibility index (Phi) is 4.88. The Balaban J connectivity index is 1.54. The molecule has 7 nitrogen and oxygen atoms in total. The third-order valence-electron chi connectivity index (χ3n) is 5.31. The molecule has 0 aromatic carbocycles. The van der Waals surface area contributed by atoms with Crippen LogP contribution in [-0.4, -0.2) is 54.5 Å². The van der Waals surface area contributed by atoms with Crippen LogP contribution in [-0.2, 0) is 4.74 Å². The van der Waals surface area contributed by atoms with Crippen molar-refractivity contribution in [2.75, 3.05) is 38.3 Å². The average Bonchev–Trinajstić information content (AvgIpc) is 2.72. The molecule has 4 heterocycles. The number of fused-ring (bicyclic) bond motifs is 1. The number of anilines is 1. The fraction of sp³-hybridized carbons (Fsp3) is 0.526. The summed E-state index contributed by atoms with van der Waals surface area (Å²) in [6.45, 7) is 3.19. The number of pyridine rings is 1. The molecule has 2 aliphatic rings. The predicted octanol–water partition coefficient (Wildman–Crippen LogP) is 2.33. The quantitative estimate of drug-likeness (QED) is 0.814. The van der Waals surface area contributed by atoms with Gasteiger partial charge in [0, 0.05) is 37.4 Å². The number of hydrogen-bond donors (Lipinski definition) is 0. The summed E-state index contributed by atoms with van der Waals surface area (Å²) < 4.78 is 17.5. The van der Waals surface area contributed by atoms with Gasteiger partial charge in [-0.05, 0) is 31.4 Å². The average molecular weight is 356 g/mol. The van der Waals surface area contributed by atoms with Gasteiger partial charge in [-0.2, -0.15) is 0 Å². The molecule has 2 fully saturated rings. The van der Waals surface area contributed by atoms with Gasteiger partial charge in [-0.25, -0.2) is 9.97 Å². The van der Waals surface area contributed by atoms with Crippen molar-refractivity contribution in [1.29, 1.82) is 0 Å². The van der Waals surface area contributed by atoms with Crippen LogP contribution in [0.3, 0.4) is 0 Å². The van der Waals surface area contributed by atoms with E-state index >= 15 is 0 Å². The number of aromatic nitrogens is 3. The molecule has 0 unspecified atom stereocenters. The van der Waals surface area contributed by atoms with Gasteiger partial charge in [-0.1, -0.05) is 0 Å². The second-order valence-corrected chi connectivity index (χ2v) is 6.93. The fourth-order valence-corrected chi connectivity index (χ4v) is 3.97. The lowest BCUT2D eigenvalue weighted by Crippen LogP contribution is -2.57. The normalized spacial score (nSPS) is 25.4. The van der Waals surface area contributed by atoms with E-state index in [4.69, 9.17) is 14.2 Å². The van der Waals surface area contributed by atoms with E-state index < -0.39 is 0 Å². The van der Waals surface area contributed by atoms with E-state index in [1.807, 2.05) is 18.2 Å². The number of methoxy groups -OCH3 is 1. The van der Waals surface area contributed by atoms with Crippen LogP contribution in [0.25, 0.3) is 0 Å². The molecule has 0 aliphatic carbocycles. The first-order valence-corrected chi connectivity index (χ1v) is 9.04. The van der Waals surface area contributed by atoms with E-state index in [1.54, 1.807) is 25.8 Å². The second-order valence-electron chi connectivity index (χ2n) is 6.93. The molecule has 0 saturated carbocycles.